The minimum absolute atomic E-state index is 0.0818. The molecule has 0 amide bonds. The van der Waals surface area contributed by atoms with Gasteiger partial charge < -0.3 is 10.5 Å². The molecule has 0 saturated carbocycles. The molecule has 0 bridgehead atoms. The average Bonchev–Trinajstić information content (AvgIpc) is 2.49. The van der Waals surface area contributed by atoms with Crippen LogP contribution >= 0.6 is 0 Å². The van der Waals surface area contributed by atoms with Gasteiger partial charge in [0.15, 0.2) is 11.6 Å². The van der Waals surface area contributed by atoms with Crippen LogP contribution in [0.15, 0.2) is 42.5 Å². The second-order valence-electron chi connectivity index (χ2n) is 4.85. The lowest BCUT2D eigenvalue weighted by Gasteiger charge is -2.18. The maximum atomic E-state index is 13.4. The highest BCUT2D eigenvalue weighted by Crippen LogP contribution is 2.27. The largest absolute Gasteiger partial charge is 0.494 e. The van der Waals surface area contributed by atoms with Crippen LogP contribution < -0.4 is 10.5 Å². The van der Waals surface area contributed by atoms with E-state index in [0.29, 0.717) is 25.1 Å². The number of rotatable bonds is 6. The summed E-state index contributed by atoms with van der Waals surface area (Å²) in [4.78, 5) is 0. The Bertz CT molecular complexity index is 601. The Hall–Kier alpha value is -1.94. The molecular weight excluding hydrogens is 272 g/mol. The van der Waals surface area contributed by atoms with Gasteiger partial charge in [-0.3, -0.25) is 0 Å². The molecule has 2 N–H and O–H groups in total. The molecule has 21 heavy (non-hydrogen) atoms. The van der Waals surface area contributed by atoms with Crippen molar-refractivity contribution in [3.8, 4) is 5.75 Å². The molecule has 2 aromatic rings. The zero-order valence-corrected chi connectivity index (χ0v) is 12.0. The van der Waals surface area contributed by atoms with Crippen LogP contribution in [0.1, 0.15) is 24.0 Å². The Kier molecular flexibility index (Phi) is 5.28. The number of hydrogen-bond donors (Lipinski definition) is 1. The van der Waals surface area contributed by atoms with E-state index < -0.39 is 11.6 Å². The zero-order valence-electron chi connectivity index (χ0n) is 12.0. The molecule has 0 spiro atoms. The fourth-order valence-corrected chi connectivity index (χ4v) is 2.34. The van der Waals surface area contributed by atoms with Gasteiger partial charge in [0.25, 0.3) is 0 Å². The normalized spacial score (nSPS) is 12.2. The summed E-state index contributed by atoms with van der Waals surface area (Å²) in [6, 6.07) is 11.6. The summed E-state index contributed by atoms with van der Waals surface area (Å²) in [5.41, 5.74) is 7.52. The van der Waals surface area contributed by atoms with Gasteiger partial charge in [-0.2, -0.15) is 0 Å². The number of nitrogens with two attached hydrogens (primary N) is 1. The van der Waals surface area contributed by atoms with Gasteiger partial charge in [-0.1, -0.05) is 24.3 Å². The van der Waals surface area contributed by atoms with Crippen molar-refractivity contribution in [3.05, 3.63) is 65.2 Å². The maximum absolute atomic E-state index is 13.4. The van der Waals surface area contributed by atoms with Crippen molar-refractivity contribution in [1.29, 1.82) is 0 Å². The Morgan fingerprint density at radius 1 is 1.10 bits per heavy atom. The van der Waals surface area contributed by atoms with Crippen molar-refractivity contribution in [2.45, 2.75) is 19.3 Å². The Morgan fingerprint density at radius 2 is 1.86 bits per heavy atom. The summed E-state index contributed by atoms with van der Waals surface area (Å²) >= 11 is 0. The molecule has 0 aromatic heterocycles. The van der Waals surface area contributed by atoms with E-state index in [4.69, 9.17) is 10.5 Å². The number of halogens is 2. The molecule has 1 atom stereocenters. The van der Waals surface area contributed by atoms with E-state index >= 15 is 0 Å². The molecule has 0 aliphatic carbocycles. The van der Waals surface area contributed by atoms with Gasteiger partial charge in [0, 0.05) is 5.92 Å². The van der Waals surface area contributed by atoms with Crippen LogP contribution in [0.25, 0.3) is 0 Å². The van der Waals surface area contributed by atoms with Gasteiger partial charge in [-0.05, 0) is 49.2 Å². The van der Waals surface area contributed by atoms with E-state index in [2.05, 4.69) is 0 Å². The molecule has 112 valence electrons. The first-order valence-electron chi connectivity index (χ1n) is 7.01. The smallest absolute Gasteiger partial charge is 0.159 e. The van der Waals surface area contributed by atoms with Crippen molar-refractivity contribution in [1.82, 2.24) is 0 Å². The van der Waals surface area contributed by atoms with Crippen molar-refractivity contribution in [2.24, 2.45) is 5.73 Å². The van der Waals surface area contributed by atoms with E-state index in [-0.39, 0.29) is 5.92 Å². The van der Waals surface area contributed by atoms with Gasteiger partial charge in [0.2, 0.25) is 0 Å². The van der Waals surface area contributed by atoms with Gasteiger partial charge >= 0.3 is 0 Å². The summed E-state index contributed by atoms with van der Waals surface area (Å²) in [6.45, 7) is 2.85. The van der Waals surface area contributed by atoms with E-state index in [1.165, 1.54) is 6.07 Å². The Morgan fingerprint density at radius 3 is 2.52 bits per heavy atom. The first-order valence-corrected chi connectivity index (χ1v) is 7.01. The highest BCUT2D eigenvalue weighted by Gasteiger charge is 2.15. The zero-order chi connectivity index (χ0) is 15.2. The molecule has 2 rings (SSSR count). The Balaban J connectivity index is 2.24. The number of benzene rings is 2. The Labute approximate surface area is 123 Å². The molecule has 0 radical (unpaired) electrons. The molecule has 1 unspecified atom stereocenters. The lowest BCUT2D eigenvalue weighted by Crippen LogP contribution is -2.16. The fourth-order valence-electron chi connectivity index (χ4n) is 2.34. The monoisotopic (exact) mass is 291 g/mol. The third-order valence-corrected chi connectivity index (χ3v) is 3.44. The molecule has 0 aliphatic heterocycles. The number of ether oxygens (including phenoxy) is 1. The molecule has 0 fully saturated rings. The van der Waals surface area contributed by atoms with Crippen LogP contribution in [0.3, 0.4) is 0 Å². The van der Waals surface area contributed by atoms with Crippen LogP contribution in [0.2, 0.25) is 0 Å². The minimum atomic E-state index is -0.843. The third-order valence-electron chi connectivity index (χ3n) is 3.44. The van der Waals surface area contributed by atoms with Gasteiger partial charge in [-0.15, -0.1) is 0 Å². The summed E-state index contributed by atoms with van der Waals surface area (Å²) in [5, 5.41) is 0. The van der Waals surface area contributed by atoms with Crippen molar-refractivity contribution < 1.29 is 13.5 Å². The van der Waals surface area contributed by atoms with Crippen LogP contribution in [-0.4, -0.2) is 13.2 Å². The van der Waals surface area contributed by atoms with Crippen LogP contribution in [0.5, 0.6) is 5.75 Å². The second kappa shape index (κ2) is 7.18. The molecule has 2 nitrogen and oxygen atoms in total. The van der Waals surface area contributed by atoms with Crippen LogP contribution in [-0.2, 0) is 6.42 Å². The molecule has 4 heteroatoms. The average molecular weight is 291 g/mol. The summed E-state index contributed by atoms with van der Waals surface area (Å²) in [5.74, 6) is -0.962. The van der Waals surface area contributed by atoms with E-state index in [0.717, 1.165) is 17.4 Å². The van der Waals surface area contributed by atoms with E-state index in [9.17, 15) is 8.78 Å². The topological polar surface area (TPSA) is 35.2 Å². The van der Waals surface area contributed by atoms with Gasteiger partial charge in [0.05, 0.1) is 6.61 Å². The molecule has 0 saturated heterocycles. The lowest BCUT2D eigenvalue weighted by atomic mass is 9.91. The van der Waals surface area contributed by atoms with Crippen molar-refractivity contribution >= 4 is 0 Å². The van der Waals surface area contributed by atoms with Crippen LogP contribution in [0, 0.1) is 11.6 Å². The van der Waals surface area contributed by atoms with Gasteiger partial charge in [-0.25, -0.2) is 8.78 Å². The minimum Gasteiger partial charge on any atom is -0.494 e. The fraction of sp³-hybridized carbons (Fsp3) is 0.294. The standard InChI is InChI=1S/C17H19F2NO/c1-2-21-17-6-4-3-5-13(17)9-14(11-20)12-7-8-15(18)16(19)10-12/h3-8,10,14H,2,9,11,20H2,1H3. The summed E-state index contributed by atoms with van der Waals surface area (Å²) in [6.07, 6.45) is 0.623. The van der Waals surface area contributed by atoms with Gasteiger partial charge in [0.1, 0.15) is 5.75 Å². The third kappa shape index (κ3) is 3.79. The van der Waals surface area contributed by atoms with Crippen molar-refractivity contribution in [3.63, 3.8) is 0 Å². The highest BCUT2D eigenvalue weighted by atomic mass is 19.2. The molecule has 0 aliphatic rings. The summed E-state index contributed by atoms with van der Waals surface area (Å²) < 4.78 is 32.0. The summed E-state index contributed by atoms with van der Waals surface area (Å²) in [7, 11) is 0. The molecule has 0 heterocycles. The SMILES string of the molecule is CCOc1ccccc1CC(CN)c1ccc(F)c(F)c1. The number of hydrogen-bond acceptors (Lipinski definition) is 2. The van der Waals surface area contributed by atoms with E-state index in [1.807, 2.05) is 31.2 Å². The van der Waals surface area contributed by atoms with Crippen LogP contribution in [0.4, 0.5) is 8.78 Å². The first-order chi connectivity index (χ1) is 10.2. The lowest BCUT2D eigenvalue weighted by molar-refractivity contribution is 0.335. The number of para-hydroxylation sites is 1. The van der Waals surface area contributed by atoms with E-state index in [1.54, 1.807) is 6.07 Å². The predicted octanol–water partition coefficient (Wildman–Crippen LogP) is 3.65. The maximum Gasteiger partial charge on any atom is 0.159 e. The second-order valence-corrected chi connectivity index (χ2v) is 4.85. The highest BCUT2D eigenvalue weighted by molar-refractivity contribution is 5.35. The predicted molar refractivity (Wildman–Crippen MR) is 79.5 cm³/mol. The first kappa shape index (κ1) is 15.4. The molecule has 2 aromatic carbocycles. The molecular formula is C17H19F2NO. The quantitative estimate of drug-likeness (QED) is 0.881. The van der Waals surface area contributed by atoms with Crippen molar-refractivity contribution in [2.75, 3.05) is 13.2 Å².